The van der Waals surface area contributed by atoms with E-state index in [0.29, 0.717) is 13.2 Å². The molecule has 0 radical (unpaired) electrons. The third-order valence-corrected chi connectivity index (χ3v) is 6.07. The maximum atomic E-state index is 6.15. The molecule has 144 valence electrons. The number of hydrazone groups is 1. The summed E-state index contributed by atoms with van der Waals surface area (Å²) < 4.78 is 8.08. The highest BCUT2D eigenvalue weighted by Crippen LogP contribution is 2.29. The van der Waals surface area contributed by atoms with Gasteiger partial charge in [-0.05, 0) is 92.2 Å². The Balaban J connectivity index is 1.61. The minimum Gasteiger partial charge on any atom is -0.487 e. The van der Waals surface area contributed by atoms with Crippen LogP contribution in [0.5, 0.6) is 5.75 Å². The van der Waals surface area contributed by atoms with E-state index in [9.17, 15) is 0 Å². The molecule has 0 unspecified atom stereocenters. The molecule has 3 rings (SSSR count). The van der Waals surface area contributed by atoms with Gasteiger partial charge in [-0.2, -0.15) is 5.10 Å². The number of halogens is 4. The predicted molar refractivity (Wildman–Crippen MR) is 134 cm³/mol. The lowest BCUT2D eigenvalue weighted by molar-refractivity contribution is 0.302. The van der Waals surface area contributed by atoms with Crippen LogP contribution >= 0.6 is 68.4 Å². The molecule has 0 saturated heterocycles. The molecule has 0 aliphatic heterocycles. The number of nitrogens with zero attached hydrogens (tertiary/aromatic N) is 1. The summed E-state index contributed by atoms with van der Waals surface area (Å²) in [5, 5.41) is 5.75. The lowest BCUT2D eigenvalue weighted by atomic mass is 10.2. The number of benzene rings is 3. The maximum absolute atomic E-state index is 6.15. The molecular weight excluding hydrogens is 621 g/mol. The number of hydrogen-bond donors (Lipinski definition) is 1. The van der Waals surface area contributed by atoms with Crippen LogP contribution in [-0.4, -0.2) is 6.21 Å². The average Bonchev–Trinajstić information content (AvgIpc) is 2.67. The average molecular weight is 637 g/mol. The summed E-state index contributed by atoms with van der Waals surface area (Å²) in [5.74, 6) is 0.873. The lowest BCUT2D eigenvalue weighted by Gasteiger charge is -2.11. The third-order valence-electron chi connectivity index (χ3n) is 3.85. The first kappa shape index (κ1) is 21.7. The molecular formula is C21H16Cl2I2N2O. The summed E-state index contributed by atoms with van der Waals surface area (Å²) in [7, 11) is 0. The zero-order valence-electron chi connectivity index (χ0n) is 14.6. The normalized spacial score (nSPS) is 11.0. The van der Waals surface area contributed by atoms with Gasteiger partial charge in [-0.1, -0.05) is 53.5 Å². The van der Waals surface area contributed by atoms with Crippen LogP contribution in [0.2, 0.25) is 10.0 Å². The topological polar surface area (TPSA) is 33.6 Å². The zero-order chi connectivity index (χ0) is 19.9. The van der Waals surface area contributed by atoms with E-state index in [1.807, 2.05) is 60.7 Å². The third kappa shape index (κ3) is 6.23. The smallest absolute Gasteiger partial charge is 0.146 e. The Hall–Kier alpha value is -1.03. The molecule has 1 N–H and O–H groups in total. The number of ether oxygens (including phenoxy) is 1. The van der Waals surface area contributed by atoms with E-state index in [1.54, 1.807) is 6.21 Å². The Morgan fingerprint density at radius 1 is 0.964 bits per heavy atom. The van der Waals surface area contributed by atoms with Crippen molar-refractivity contribution in [3.05, 3.63) is 94.5 Å². The van der Waals surface area contributed by atoms with Gasteiger partial charge < -0.3 is 10.2 Å². The highest BCUT2D eigenvalue weighted by molar-refractivity contribution is 14.1. The van der Waals surface area contributed by atoms with Crippen molar-refractivity contribution in [3.8, 4) is 5.75 Å². The van der Waals surface area contributed by atoms with Crippen molar-refractivity contribution in [1.82, 2.24) is 5.43 Å². The van der Waals surface area contributed by atoms with Gasteiger partial charge in [0, 0.05) is 10.0 Å². The Labute approximate surface area is 201 Å². The van der Waals surface area contributed by atoms with E-state index in [1.165, 1.54) is 0 Å². The Morgan fingerprint density at radius 2 is 1.64 bits per heavy atom. The van der Waals surface area contributed by atoms with Crippen molar-refractivity contribution >= 4 is 74.6 Å². The molecule has 0 heterocycles. The summed E-state index contributed by atoms with van der Waals surface area (Å²) in [6.07, 6.45) is 1.80. The van der Waals surface area contributed by atoms with Crippen molar-refractivity contribution in [2.75, 3.05) is 0 Å². The van der Waals surface area contributed by atoms with Crippen LogP contribution in [0.25, 0.3) is 0 Å². The summed E-state index contributed by atoms with van der Waals surface area (Å²) in [4.78, 5) is 0. The Bertz CT molecular complexity index is 955. The summed E-state index contributed by atoms with van der Waals surface area (Å²) in [6, 6.07) is 19.5. The van der Waals surface area contributed by atoms with Crippen LogP contribution in [0.4, 0.5) is 0 Å². The highest BCUT2D eigenvalue weighted by Gasteiger charge is 2.09. The van der Waals surface area contributed by atoms with E-state index >= 15 is 0 Å². The first-order valence-electron chi connectivity index (χ1n) is 8.38. The van der Waals surface area contributed by atoms with E-state index in [2.05, 4.69) is 55.7 Å². The van der Waals surface area contributed by atoms with Gasteiger partial charge in [0.25, 0.3) is 0 Å². The molecule has 7 heteroatoms. The van der Waals surface area contributed by atoms with Crippen molar-refractivity contribution < 1.29 is 4.74 Å². The quantitative estimate of drug-likeness (QED) is 0.174. The van der Waals surface area contributed by atoms with Crippen LogP contribution in [0.15, 0.2) is 65.8 Å². The molecule has 3 nitrogen and oxygen atoms in total. The van der Waals surface area contributed by atoms with Crippen LogP contribution in [-0.2, 0) is 13.2 Å². The van der Waals surface area contributed by atoms with Gasteiger partial charge >= 0.3 is 0 Å². The van der Waals surface area contributed by atoms with Gasteiger partial charge in [0.05, 0.1) is 19.9 Å². The summed E-state index contributed by atoms with van der Waals surface area (Å²) in [6.45, 7) is 1.07. The molecule has 0 fully saturated rings. The molecule has 3 aromatic rings. The van der Waals surface area contributed by atoms with Gasteiger partial charge in [-0.3, -0.25) is 0 Å². The Morgan fingerprint density at radius 3 is 2.32 bits per heavy atom. The fourth-order valence-electron chi connectivity index (χ4n) is 2.42. The van der Waals surface area contributed by atoms with Crippen LogP contribution < -0.4 is 10.2 Å². The van der Waals surface area contributed by atoms with Gasteiger partial charge in [0.2, 0.25) is 0 Å². The minimum absolute atomic E-state index is 0.496. The molecule has 0 saturated carbocycles. The number of rotatable bonds is 7. The van der Waals surface area contributed by atoms with Crippen LogP contribution in [0.1, 0.15) is 16.7 Å². The lowest BCUT2D eigenvalue weighted by Crippen LogP contribution is -2.06. The van der Waals surface area contributed by atoms with Crippen molar-refractivity contribution in [1.29, 1.82) is 0 Å². The van der Waals surface area contributed by atoms with Crippen LogP contribution in [0.3, 0.4) is 0 Å². The molecule has 0 spiro atoms. The molecule has 0 aliphatic carbocycles. The van der Waals surface area contributed by atoms with Crippen LogP contribution in [0, 0.1) is 7.14 Å². The highest BCUT2D eigenvalue weighted by atomic mass is 127. The first-order chi connectivity index (χ1) is 13.5. The van der Waals surface area contributed by atoms with Crippen molar-refractivity contribution in [3.63, 3.8) is 0 Å². The first-order valence-corrected chi connectivity index (χ1v) is 11.3. The Kier molecular flexibility index (Phi) is 8.25. The van der Waals surface area contributed by atoms with Gasteiger partial charge in [0.1, 0.15) is 12.4 Å². The molecule has 3 aromatic carbocycles. The standard InChI is InChI=1S/C21H16Cl2I2N2O/c22-17-7-5-14(6-8-17)13-28-21-19(24)9-15(10-20(21)25)11-26-27-12-16-3-1-2-4-18(16)23/h1-11,27H,12-13H2/b26-11-. The maximum Gasteiger partial charge on any atom is 0.146 e. The van der Waals surface area contributed by atoms with Gasteiger partial charge in [-0.15, -0.1) is 0 Å². The molecule has 0 atom stereocenters. The fourth-order valence-corrected chi connectivity index (χ4v) is 4.88. The predicted octanol–water partition coefficient (Wildman–Crippen LogP) is 6.91. The molecule has 0 amide bonds. The minimum atomic E-state index is 0.496. The molecule has 0 bridgehead atoms. The fraction of sp³-hybridized carbons (Fsp3) is 0.0952. The second-order valence-corrected chi connectivity index (χ2v) is 9.08. The van der Waals surface area contributed by atoms with E-state index in [4.69, 9.17) is 27.9 Å². The van der Waals surface area contributed by atoms with Gasteiger partial charge in [-0.25, -0.2) is 0 Å². The van der Waals surface area contributed by atoms with Crippen molar-refractivity contribution in [2.24, 2.45) is 5.10 Å². The summed E-state index contributed by atoms with van der Waals surface area (Å²) >= 11 is 16.6. The second kappa shape index (κ2) is 10.7. The van der Waals surface area contributed by atoms with Gasteiger partial charge in [0.15, 0.2) is 0 Å². The largest absolute Gasteiger partial charge is 0.487 e. The molecule has 0 aliphatic rings. The molecule has 28 heavy (non-hydrogen) atoms. The number of hydrogen-bond acceptors (Lipinski definition) is 3. The SMILES string of the molecule is Clc1ccc(COc2c(I)cc(/C=N\NCc3ccccc3Cl)cc2I)cc1. The second-order valence-electron chi connectivity index (χ2n) is 5.91. The van der Waals surface area contributed by atoms with E-state index in [0.717, 1.165) is 39.6 Å². The molecule has 0 aromatic heterocycles. The summed E-state index contributed by atoms with van der Waals surface area (Å²) in [5.41, 5.74) is 6.12. The van der Waals surface area contributed by atoms with Crippen molar-refractivity contribution in [2.45, 2.75) is 13.2 Å². The number of nitrogens with one attached hydrogen (secondary N) is 1. The monoisotopic (exact) mass is 636 g/mol. The van der Waals surface area contributed by atoms with E-state index in [-0.39, 0.29) is 0 Å². The zero-order valence-corrected chi connectivity index (χ0v) is 20.5. The van der Waals surface area contributed by atoms with E-state index < -0.39 is 0 Å².